The second-order valence-electron chi connectivity index (χ2n) is 8.15. The number of halogens is 1. The number of carbonyl (C=O) groups is 4. The van der Waals surface area contributed by atoms with Gasteiger partial charge < -0.3 is 9.84 Å². The molecule has 1 fully saturated rings. The summed E-state index contributed by atoms with van der Waals surface area (Å²) < 4.78 is 5.41. The molecule has 158 valence electrons. The molecule has 0 aromatic heterocycles. The highest BCUT2D eigenvalue weighted by Gasteiger charge is 2.53. The summed E-state index contributed by atoms with van der Waals surface area (Å²) in [5.74, 6) is -3.39. The van der Waals surface area contributed by atoms with Gasteiger partial charge >= 0.3 is 0 Å². The van der Waals surface area contributed by atoms with Crippen LogP contribution in [-0.4, -0.2) is 35.6 Å². The molecule has 1 aromatic rings. The van der Waals surface area contributed by atoms with Crippen molar-refractivity contribution in [2.75, 3.05) is 7.11 Å². The van der Waals surface area contributed by atoms with Gasteiger partial charge in [0.15, 0.2) is 23.1 Å². The topological polar surface area (TPSA) is 110 Å². The summed E-state index contributed by atoms with van der Waals surface area (Å²) in [5.41, 5.74) is 1.84. The maximum Gasteiger partial charge on any atom is 0.231 e. The lowest BCUT2D eigenvalue weighted by Gasteiger charge is -2.42. The van der Waals surface area contributed by atoms with E-state index in [4.69, 9.17) is 4.74 Å². The summed E-state index contributed by atoms with van der Waals surface area (Å²) in [6.07, 6.45) is 3.70. The smallest absolute Gasteiger partial charge is 0.231 e. The summed E-state index contributed by atoms with van der Waals surface area (Å²) in [6.45, 7) is 0. The van der Waals surface area contributed by atoms with Crippen molar-refractivity contribution in [2.45, 2.75) is 18.8 Å². The highest BCUT2D eigenvalue weighted by molar-refractivity contribution is 9.12. The number of amides is 2. The maximum atomic E-state index is 13.1. The number of nitrogens with one attached hydrogen (secondary N) is 1. The van der Waals surface area contributed by atoms with Crippen molar-refractivity contribution < 1.29 is 29.0 Å². The molecule has 3 aliphatic carbocycles. The molecule has 5 rings (SSSR count). The second-order valence-corrected chi connectivity index (χ2v) is 9.00. The van der Waals surface area contributed by atoms with E-state index in [2.05, 4.69) is 21.2 Å². The molecule has 1 aromatic carbocycles. The van der Waals surface area contributed by atoms with E-state index in [0.29, 0.717) is 23.1 Å². The van der Waals surface area contributed by atoms with Crippen molar-refractivity contribution in [1.82, 2.24) is 5.32 Å². The van der Waals surface area contributed by atoms with Crippen LogP contribution in [-0.2, 0) is 19.2 Å². The number of rotatable bonds is 2. The number of phenols is 1. The standard InChI is InChI=1S/C23H18BrNO6/c1-31-16-4-2-3-10(21(16)28)17-9-5-6-11-18(23(30)25-22(11)29)12(9)7-13-19(17)15(26)8-14(24)20(13)27/h2-5,8,11-12,17-18,28H,6-7H2,1H3,(H,25,29,30). The van der Waals surface area contributed by atoms with Crippen molar-refractivity contribution in [2.24, 2.45) is 17.8 Å². The van der Waals surface area contributed by atoms with Crippen molar-refractivity contribution in [3.8, 4) is 11.5 Å². The van der Waals surface area contributed by atoms with Crippen molar-refractivity contribution in [3.63, 3.8) is 0 Å². The highest BCUT2D eigenvalue weighted by Crippen LogP contribution is 2.56. The predicted molar refractivity (Wildman–Crippen MR) is 112 cm³/mol. The molecule has 0 radical (unpaired) electrons. The summed E-state index contributed by atoms with van der Waals surface area (Å²) in [4.78, 5) is 51.0. The molecule has 1 heterocycles. The fourth-order valence-corrected chi connectivity index (χ4v) is 5.86. The monoisotopic (exact) mass is 483 g/mol. The van der Waals surface area contributed by atoms with E-state index in [0.717, 1.165) is 5.57 Å². The number of ketones is 2. The Morgan fingerprint density at radius 3 is 2.65 bits per heavy atom. The minimum atomic E-state index is -0.707. The zero-order valence-electron chi connectivity index (χ0n) is 16.5. The SMILES string of the molecule is COc1cccc(C2C3=CCC4C(=O)NC(=O)C4C3CC3=C2C(=O)C=C(Br)C3=O)c1O. The zero-order valence-corrected chi connectivity index (χ0v) is 18.1. The molecule has 0 saturated carbocycles. The Morgan fingerprint density at radius 2 is 1.90 bits per heavy atom. The molecule has 2 N–H and O–H groups in total. The van der Waals surface area contributed by atoms with Crippen LogP contribution in [0.2, 0.25) is 0 Å². The van der Waals surface area contributed by atoms with Crippen LogP contribution in [0.4, 0.5) is 0 Å². The zero-order chi connectivity index (χ0) is 22.0. The van der Waals surface area contributed by atoms with Crippen LogP contribution in [0.15, 0.2) is 51.6 Å². The van der Waals surface area contributed by atoms with Gasteiger partial charge in [-0.25, -0.2) is 0 Å². The second kappa shape index (κ2) is 7.02. The van der Waals surface area contributed by atoms with Crippen LogP contribution < -0.4 is 10.1 Å². The van der Waals surface area contributed by atoms with Gasteiger partial charge in [0.1, 0.15) is 0 Å². The molecule has 8 heteroatoms. The lowest BCUT2D eigenvalue weighted by molar-refractivity contribution is -0.126. The molecule has 4 unspecified atom stereocenters. The molecule has 0 spiro atoms. The lowest BCUT2D eigenvalue weighted by atomic mass is 9.59. The first-order valence-corrected chi connectivity index (χ1v) is 10.7. The van der Waals surface area contributed by atoms with Crippen LogP contribution in [0.1, 0.15) is 24.3 Å². The molecule has 1 aliphatic heterocycles. The van der Waals surface area contributed by atoms with E-state index < -0.39 is 23.7 Å². The average Bonchev–Trinajstić information content (AvgIpc) is 3.04. The number of ether oxygens (including phenoxy) is 1. The number of Topliss-reactive ketones (excluding diaryl/α,β-unsaturated/α-hetero) is 1. The van der Waals surface area contributed by atoms with Crippen LogP contribution in [0.5, 0.6) is 11.5 Å². The number of hydrogen-bond donors (Lipinski definition) is 2. The fraction of sp³-hybridized carbons (Fsp3) is 0.304. The molecule has 7 nitrogen and oxygen atoms in total. The molecule has 0 bridgehead atoms. The molecular weight excluding hydrogens is 466 g/mol. The summed E-state index contributed by atoms with van der Waals surface area (Å²) in [7, 11) is 1.43. The van der Waals surface area contributed by atoms with Crippen molar-refractivity contribution in [3.05, 3.63) is 57.1 Å². The van der Waals surface area contributed by atoms with Gasteiger partial charge in [0.05, 0.1) is 23.4 Å². The minimum absolute atomic E-state index is 0.119. The van der Waals surface area contributed by atoms with E-state index in [1.54, 1.807) is 18.2 Å². The van der Waals surface area contributed by atoms with Crippen LogP contribution in [0.25, 0.3) is 0 Å². The van der Waals surface area contributed by atoms with E-state index in [1.807, 2.05) is 6.08 Å². The largest absolute Gasteiger partial charge is 0.504 e. The van der Waals surface area contributed by atoms with E-state index in [1.165, 1.54) is 13.2 Å². The Morgan fingerprint density at radius 1 is 1.13 bits per heavy atom. The number of imide groups is 1. The number of para-hydroxylation sites is 1. The van der Waals surface area contributed by atoms with Crippen LogP contribution in [0.3, 0.4) is 0 Å². The van der Waals surface area contributed by atoms with Crippen molar-refractivity contribution in [1.29, 1.82) is 0 Å². The first-order chi connectivity index (χ1) is 14.8. The molecule has 4 atom stereocenters. The van der Waals surface area contributed by atoms with Gasteiger partial charge in [-0.3, -0.25) is 24.5 Å². The van der Waals surface area contributed by atoms with Crippen LogP contribution >= 0.6 is 15.9 Å². The van der Waals surface area contributed by atoms with E-state index >= 15 is 0 Å². The first-order valence-electron chi connectivity index (χ1n) is 9.93. The Kier molecular flexibility index (Phi) is 4.51. The molecule has 1 saturated heterocycles. The third-order valence-electron chi connectivity index (χ3n) is 6.74. The predicted octanol–water partition coefficient (Wildman–Crippen LogP) is 2.45. The number of fused-ring (bicyclic) bond motifs is 3. The Balaban J connectivity index is 1.75. The number of hydrogen-bond acceptors (Lipinski definition) is 6. The van der Waals surface area contributed by atoms with Gasteiger partial charge in [-0.05, 0) is 40.8 Å². The van der Waals surface area contributed by atoms with Gasteiger partial charge in [0, 0.05) is 28.7 Å². The maximum absolute atomic E-state index is 13.1. The Hall–Kier alpha value is -3.00. The first kappa shape index (κ1) is 19.9. The number of allylic oxidation sites excluding steroid dienone is 6. The third-order valence-corrected chi connectivity index (χ3v) is 7.32. The Bertz CT molecular complexity index is 1180. The van der Waals surface area contributed by atoms with E-state index in [-0.39, 0.29) is 45.8 Å². The summed E-state index contributed by atoms with van der Waals surface area (Å²) in [5, 5.41) is 13.3. The average molecular weight is 484 g/mol. The minimum Gasteiger partial charge on any atom is -0.504 e. The van der Waals surface area contributed by atoms with Crippen LogP contribution in [0, 0.1) is 17.8 Å². The quantitative estimate of drug-likeness (QED) is 0.379. The van der Waals surface area contributed by atoms with E-state index in [9.17, 15) is 24.3 Å². The number of methoxy groups -OCH3 is 1. The van der Waals surface area contributed by atoms with Gasteiger partial charge in [0.2, 0.25) is 11.8 Å². The Labute approximate surface area is 186 Å². The molecule has 2 amide bonds. The molecule has 31 heavy (non-hydrogen) atoms. The lowest BCUT2D eigenvalue weighted by Crippen LogP contribution is -2.39. The number of carbonyl (C=O) groups excluding carboxylic acids is 4. The highest BCUT2D eigenvalue weighted by atomic mass is 79.9. The van der Waals surface area contributed by atoms with Gasteiger partial charge in [-0.1, -0.05) is 23.8 Å². The number of benzene rings is 1. The summed E-state index contributed by atoms with van der Waals surface area (Å²) in [6, 6.07) is 5.00. The van der Waals surface area contributed by atoms with Gasteiger partial charge in [-0.2, -0.15) is 0 Å². The third kappa shape index (κ3) is 2.77. The summed E-state index contributed by atoms with van der Waals surface area (Å²) >= 11 is 3.17. The number of phenolic OH excluding ortho intramolecular Hbond substituents is 1. The van der Waals surface area contributed by atoms with Crippen molar-refractivity contribution >= 4 is 39.3 Å². The molecular formula is C23H18BrNO6. The fourth-order valence-electron chi connectivity index (χ4n) is 5.41. The molecule has 4 aliphatic rings. The van der Waals surface area contributed by atoms with Gasteiger partial charge in [0.25, 0.3) is 0 Å². The normalized spacial score (nSPS) is 29.6. The number of aromatic hydroxyl groups is 1. The van der Waals surface area contributed by atoms with Gasteiger partial charge in [-0.15, -0.1) is 0 Å².